The minimum absolute atomic E-state index is 0.150. The normalized spacial score (nSPS) is 18.2. The fourth-order valence-electron chi connectivity index (χ4n) is 2.34. The van der Waals surface area contributed by atoms with Crippen molar-refractivity contribution in [3.05, 3.63) is 33.8 Å². The molecule has 3 heteroatoms. The van der Waals surface area contributed by atoms with Gasteiger partial charge in [-0.3, -0.25) is 4.79 Å². The highest BCUT2D eigenvalue weighted by atomic mass is 79.9. The second kappa shape index (κ2) is 5.00. The van der Waals surface area contributed by atoms with Crippen LogP contribution in [0.5, 0.6) is 0 Å². The first-order valence-corrected chi connectivity index (χ1v) is 6.46. The molecular weight excluding hydrogens is 266 g/mol. The van der Waals surface area contributed by atoms with Gasteiger partial charge in [0, 0.05) is 17.9 Å². The summed E-state index contributed by atoms with van der Waals surface area (Å²) in [4.78, 5) is 11.2. The third-order valence-electron chi connectivity index (χ3n) is 3.24. The average molecular weight is 282 g/mol. The van der Waals surface area contributed by atoms with Gasteiger partial charge in [-0.2, -0.15) is 0 Å². The van der Waals surface area contributed by atoms with Gasteiger partial charge in [0.1, 0.15) is 0 Å². The third kappa shape index (κ3) is 2.64. The number of hydrogen-bond donors (Lipinski definition) is 1. The van der Waals surface area contributed by atoms with E-state index in [1.54, 1.807) is 7.05 Å². The number of amides is 1. The first-order valence-electron chi connectivity index (χ1n) is 5.67. The maximum absolute atomic E-state index is 11.2. The molecule has 2 rings (SSSR count). The van der Waals surface area contributed by atoms with Crippen molar-refractivity contribution in [3.63, 3.8) is 0 Å². The molecular formula is C13H16BrNO. The van der Waals surface area contributed by atoms with Crippen molar-refractivity contribution in [1.29, 1.82) is 0 Å². The van der Waals surface area contributed by atoms with E-state index in [9.17, 15) is 4.79 Å². The fraction of sp³-hybridized carbons (Fsp3) is 0.462. The molecule has 0 fully saturated rings. The minimum atomic E-state index is 0.150. The summed E-state index contributed by atoms with van der Waals surface area (Å²) in [5, 5.41) is 2.67. The zero-order valence-corrected chi connectivity index (χ0v) is 11.0. The van der Waals surface area contributed by atoms with Crippen LogP contribution >= 0.6 is 15.9 Å². The monoisotopic (exact) mass is 281 g/mol. The number of rotatable bonds is 3. The number of carbonyl (C=O) groups excluding carboxylic acids is 1. The molecule has 0 bridgehead atoms. The highest BCUT2D eigenvalue weighted by molar-refractivity contribution is 9.10. The molecule has 0 saturated carbocycles. The smallest absolute Gasteiger partial charge is 0.219 e. The summed E-state index contributed by atoms with van der Waals surface area (Å²) in [5.41, 5.74) is 2.89. The standard InChI is InChI=1S/C13H16BrNO/c1-15-13(16)5-2-9-6-10-3-4-12(14)8-11(10)7-9/h3-4,8-9H,2,5-7H2,1H3,(H,15,16). The highest BCUT2D eigenvalue weighted by Gasteiger charge is 2.21. The molecule has 0 heterocycles. The molecule has 0 radical (unpaired) electrons. The largest absolute Gasteiger partial charge is 0.359 e. The van der Waals surface area contributed by atoms with Crippen LogP contribution < -0.4 is 5.32 Å². The Hall–Kier alpha value is -0.830. The number of nitrogens with one attached hydrogen (secondary N) is 1. The van der Waals surface area contributed by atoms with Crippen LogP contribution in [0.3, 0.4) is 0 Å². The van der Waals surface area contributed by atoms with Gasteiger partial charge >= 0.3 is 0 Å². The SMILES string of the molecule is CNC(=O)CCC1Cc2ccc(Br)cc2C1. The number of benzene rings is 1. The summed E-state index contributed by atoms with van der Waals surface area (Å²) in [7, 11) is 1.70. The predicted octanol–water partition coefficient (Wildman–Crippen LogP) is 2.69. The molecule has 1 aliphatic rings. The third-order valence-corrected chi connectivity index (χ3v) is 3.74. The lowest BCUT2D eigenvalue weighted by Gasteiger charge is -2.07. The van der Waals surface area contributed by atoms with Crippen molar-refractivity contribution in [2.24, 2.45) is 5.92 Å². The zero-order chi connectivity index (χ0) is 11.5. The van der Waals surface area contributed by atoms with E-state index in [1.165, 1.54) is 11.1 Å². The Balaban J connectivity index is 1.93. The predicted molar refractivity (Wildman–Crippen MR) is 68.3 cm³/mol. The summed E-state index contributed by atoms with van der Waals surface area (Å²) >= 11 is 3.49. The maximum Gasteiger partial charge on any atom is 0.219 e. The summed E-state index contributed by atoms with van der Waals surface area (Å²) < 4.78 is 1.15. The first kappa shape index (κ1) is 11.6. The van der Waals surface area contributed by atoms with Crippen molar-refractivity contribution >= 4 is 21.8 Å². The van der Waals surface area contributed by atoms with E-state index in [-0.39, 0.29) is 5.91 Å². The van der Waals surface area contributed by atoms with Crippen LogP contribution in [0, 0.1) is 5.92 Å². The van der Waals surface area contributed by atoms with E-state index in [4.69, 9.17) is 0 Å². The Bertz CT molecular complexity index is 403. The van der Waals surface area contributed by atoms with Gasteiger partial charge in [0.25, 0.3) is 0 Å². The Kier molecular flexibility index (Phi) is 3.64. The average Bonchev–Trinajstić information content (AvgIpc) is 2.67. The molecule has 0 aromatic heterocycles. The molecule has 1 unspecified atom stereocenters. The summed E-state index contributed by atoms with van der Waals surface area (Å²) in [6.45, 7) is 0. The Morgan fingerprint density at radius 2 is 2.19 bits per heavy atom. The number of carbonyl (C=O) groups is 1. The van der Waals surface area contributed by atoms with Crippen LogP contribution in [0.2, 0.25) is 0 Å². The van der Waals surface area contributed by atoms with Crippen LogP contribution in [0.15, 0.2) is 22.7 Å². The van der Waals surface area contributed by atoms with Gasteiger partial charge in [0.05, 0.1) is 0 Å². The van der Waals surface area contributed by atoms with Crippen LogP contribution in [0.1, 0.15) is 24.0 Å². The summed E-state index contributed by atoms with van der Waals surface area (Å²) in [5.74, 6) is 0.790. The fourth-order valence-corrected chi connectivity index (χ4v) is 2.75. The lowest BCUT2D eigenvalue weighted by Crippen LogP contribution is -2.18. The molecule has 1 aliphatic carbocycles. The molecule has 1 atom stereocenters. The van der Waals surface area contributed by atoms with Crippen molar-refractivity contribution in [2.75, 3.05) is 7.05 Å². The van der Waals surface area contributed by atoms with Crippen LogP contribution in [-0.4, -0.2) is 13.0 Å². The van der Waals surface area contributed by atoms with Crippen LogP contribution in [0.25, 0.3) is 0 Å². The Morgan fingerprint density at radius 1 is 1.44 bits per heavy atom. The molecule has 16 heavy (non-hydrogen) atoms. The van der Waals surface area contributed by atoms with Crippen molar-refractivity contribution in [2.45, 2.75) is 25.7 Å². The van der Waals surface area contributed by atoms with Gasteiger partial charge in [-0.1, -0.05) is 22.0 Å². The van der Waals surface area contributed by atoms with Gasteiger partial charge < -0.3 is 5.32 Å². The molecule has 1 aromatic rings. The van der Waals surface area contributed by atoms with E-state index >= 15 is 0 Å². The molecule has 0 saturated heterocycles. The van der Waals surface area contributed by atoms with Gasteiger partial charge in [-0.25, -0.2) is 0 Å². The maximum atomic E-state index is 11.2. The van der Waals surface area contributed by atoms with E-state index in [1.807, 2.05) is 0 Å². The van der Waals surface area contributed by atoms with Gasteiger partial charge in [-0.15, -0.1) is 0 Å². The number of hydrogen-bond acceptors (Lipinski definition) is 1. The van der Waals surface area contributed by atoms with Crippen LogP contribution in [-0.2, 0) is 17.6 Å². The lowest BCUT2D eigenvalue weighted by molar-refractivity contribution is -0.120. The molecule has 86 valence electrons. The molecule has 0 aliphatic heterocycles. The second-order valence-corrected chi connectivity index (χ2v) is 5.31. The number of halogens is 1. The van der Waals surface area contributed by atoms with E-state index < -0.39 is 0 Å². The quantitative estimate of drug-likeness (QED) is 0.907. The second-order valence-electron chi connectivity index (χ2n) is 4.40. The molecule has 2 nitrogen and oxygen atoms in total. The van der Waals surface area contributed by atoms with Gasteiger partial charge in [0.2, 0.25) is 5.91 Å². The lowest BCUT2D eigenvalue weighted by atomic mass is 10.00. The summed E-state index contributed by atoms with van der Waals surface area (Å²) in [6, 6.07) is 6.49. The molecule has 1 amide bonds. The van der Waals surface area contributed by atoms with E-state index in [0.29, 0.717) is 12.3 Å². The van der Waals surface area contributed by atoms with Crippen molar-refractivity contribution in [3.8, 4) is 0 Å². The first-order chi connectivity index (χ1) is 7.69. The summed E-state index contributed by atoms with van der Waals surface area (Å²) in [6.07, 6.45) is 3.88. The number of fused-ring (bicyclic) bond motifs is 1. The van der Waals surface area contributed by atoms with Gasteiger partial charge in [-0.05, 0) is 48.4 Å². The van der Waals surface area contributed by atoms with Crippen molar-refractivity contribution in [1.82, 2.24) is 5.32 Å². The molecule has 1 N–H and O–H groups in total. The van der Waals surface area contributed by atoms with Gasteiger partial charge in [0.15, 0.2) is 0 Å². The van der Waals surface area contributed by atoms with Crippen molar-refractivity contribution < 1.29 is 4.79 Å². The van der Waals surface area contributed by atoms with E-state index in [2.05, 4.69) is 39.4 Å². The molecule has 1 aromatic carbocycles. The van der Waals surface area contributed by atoms with Crippen LogP contribution in [0.4, 0.5) is 0 Å². The van der Waals surface area contributed by atoms with E-state index in [0.717, 1.165) is 23.7 Å². The molecule has 0 spiro atoms. The topological polar surface area (TPSA) is 29.1 Å². The minimum Gasteiger partial charge on any atom is -0.359 e. The Morgan fingerprint density at radius 3 is 2.94 bits per heavy atom. The zero-order valence-electron chi connectivity index (χ0n) is 9.42. The Labute approximate surface area is 105 Å². The highest BCUT2D eigenvalue weighted by Crippen LogP contribution is 2.31.